The number of nitrogen functional groups attached to an aromatic ring is 1. The molecule has 3 aromatic heterocycles. The van der Waals surface area contributed by atoms with Gasteiger partial charge in [-0.15, -0.1) is 10.2 Å². The van der Waals surface area contributed by atoms with Crippen molar-refractivity contribution in [1.82, 2.24) is 30.0 Å². The Bertz CT molecular complexity index is 2780. The number of para-hydroxylation sites is 1. The number of amides is 3. The first-order valence-corrected chi connectivity index (χ1v) is 24.6. The second-order valence-electron chi connectivity index (χ2n) is 20.0. The van der Waals surface area contributed by atoms with Crippen LogP contribution in [0.2, 0.25) is 0 Å². The number of nitrogens with one attached hydrogen (secondary N) is 1. The molecule has 1 saturated carbocycles. The number of benzene rings is 2. The predicted octanol–water partition coefficient (Wildman–Crippen LogP) is 6.13. The van der Waals surface area contributed by atoms with Gasteiger partial charge in [-0.3, -0.25) is 15.0 Å². The van der Waals surface area contributed by atoms with Crippen LogP contribution >= 0.6 is 0 Å². The van der Waals surface area contributed by atoms with Gasteiger partial charge in [-0.2, -0.15) is 5.26 Å². The van der Waals surface area contributed by atoms with E-state index in [0.717, 1.165) is 125 Å². The molecule has 6 saturated heterocycles. The average Bonchev–Trinajstić information content (AvgIpc) is 4.08. The highest BCUT2D eigenvalue weighted by Crippen LogP contribution is 2.46. The zero-order valence-corrected chi connectivity index (χ0v) is 38.3. The second kappa shape index (κ2) is 17.2. The molecule has 5 aromatic rings. The van der Waals surface area contributed by atoms with Gasteiger partial charge in [0.25, 0.3) is 0 Å². The number of urea groups is 1. The molecule has 4 N–H and O–H groups in total. The number of fused-ring (bicyclic) bond motifs is 3. The molecule has 2 bridgehead atoms. The standard InChI is InChI=1S/C51H58N12O5/c52-24-34-7-8-35(63-36-9-10-37(63)28-60(27-36)45-23-43(56-57-48(45)53)40-3-1-2-4-46(40)64)22-44(34)59-16-11-32(12-17-59)26-58-19-14-51(15-20-58)67-30-39(31-68-51)62-29-42(33-5-6-33)41-21-38(25-54-49(41)62)61-18-13-47(65)55-50(61)66/h1-4,7-8,21-23,25,29,32-33,36-37,39,64H,5-6,9-20,26-28,30-31H2,(H2,53,57)(H,55,65,66). The number of rotatable bonds is 9. The van der Waals surface area contributed by atoms with E-state index in [9.17, 15) is 20.0 Å². The normalized spacial score (nSPS) is 23.7. The molecule has 68 heavy (non-hydrogen) atoms. The van der Waals surface area contributed by atoms with Gasteiger partial charge >= 0.3 is 6.03 Å². The number of imide groups is 1. The largest absolute Gasteiger partial charge is 0.507 e. The highest BCUT2D eigenvalue weighted by Gasteiger charge is 2.44. The minimum atomic E-state index is -0.566. The van der Waals surface area contributed by atoms with E-state index < -0.39 is 11.8 Å². The van der Waals surface area contributed by atoms with Crippen LogP contribution in [-0.4, -0.2) is 125 Å². The summed E-state index contributed by atoms with van der Waals surface area (Å²) in [6.45, 7) is 7.80. The van der Waals surface area contributed by atoms with Crippen molar-refractivity contribution in [3.05, 3.63) is 78.1 Å². The molecule has 2 aromatic carbocycles. The number of nitriles is 1. The summed E-state index contributed by atoms with van der Waals surface area (Å²) >= 11 is 0. The lowest BCUT2D eigenvalue weighted by Gasteiger charge is -2.46. The molecule has 2 atom stereocenters. The van der Waals surface area contributed by atoms with E-state index in [1.807, 2.05) is 24.3 Å². The van der Waals surface area contributed by atoms with Crippen LogP contribution in [0.3, 0.4) is 0 Å². The Kier molecular flexibility index (Phi) is 10.9. The van der Waals surface area contributed by atoms with Crippen LogP contribution in [0, 0.1) is 17.2 Å². The summed E-state index contributed by atoms with van der Waals surface area (Å²) in [6, 6.07) is 20.2. The minimum absolute atomic E-state index is 0.00215. The van der Waals surface area contributed by atoms with E-state index in [1.165, 1.54) is 11.3 Å². The maximum Gasteiger partial charge on any atom is 0.328 e. The number of ether oxygens (including phenoxy) is 2. The van der Waals surface area contributed by atoms with Crippen molar-refractivity contribution in [1.29, 1.82) is 5.26 Å². The fraction of sp³-hybridized carbons (Fsp3) is 0.490. The molecular weight excluding hydrogens is 861 g/mol. The van der Waals surface area contributed by atoms with Crippen molar-refractivity contribution in [3.63, 3.8) is 0 Å². The van der Waals surface area contributed by atoms with Crippen LogP contribution in [0.15, 0.2) is 67.0 Å². The summed E-state index contributed by atoms with van der Waals surface area (Å²) in [5.74, 6) is 0.809. The Morgan fingerprint density at radius 3 is 2.32 bits per heavy atom. The van der Waals surface area contributed by atoms with Gasteiger partial charge in [-0.1, -0.05) is 12.1 Å². The van der Waals surface area contributed by atoms with E-state index in [4.69, 9.17) is 20.2 Å². The Labute approximate surface area is 395 Å². The van der Waals surface area contributed by atoms with Crippen LogP contribution in [0.4, 0.5) is 33.4 Å². The lowest BCUT2D eigenvalue weighted by Crippen LogP contribution is -2.54. The number of nitrogens with zero attached hydrogens (tertiary/aromatic N) is 10. The number of hydrogen-bond donors (Lipinski definition) is 3. The quantitative estimate of drug-likeness (QED) is 0.153. The van der Waals surface area contributed by atoms with Gasteiger partial charge in [0.15, 0.2) is 11.6 Å². The van der Waals surface area contributed by atoms with Gasteiger partial charge in [0.1, 0.15) is 17.5 Å². The van der Waals surface area contributed by atoms with E-state index in [-0.39, 0.29) is 36.2 Å². The molecule has 1 spiro atoms. The van der Waals surface area contributed by atoms with Crippen LogP contribution in [0.5, 0.6) is 5.75 Å². The molecule has 17 heteroatoms. The molecule has 12 rings (SSSR count). The lowest BCUT2D eigenvalue weighted by atomic mass is 9.93. The first-order chi connectivity index (χ1) is 33.2. The van der Waals surface area contributed by atoms with E-state index in [0.29, 0.717) is 54.4 Å². The smallest absolute Gasteiger partial charge is 0.328 e. The number of hydrogen-bond acceptors (Lipinski definition) is 14. The average molecular weight is 919 g/mol. The number of likely N-dealkylation sites (tertiary alicyclic amines) is 1. The van der Waals surface area contributed by atoms with Crippen LogP contribution in [0.25, 0.3) is 22.3 Å². The Morgan fingerprint density at radius 1 is 0.838 bits per heavy atom. The first-order valence-electron chi connectivity index (χ1n) is 24.6. The molecule has 7 fully saturated rings. The van der Waals surface area contributed by atoms with Crippen molar-refractivity contribution in [2.75, 3.05) is 90.9 Å². The Balaban J connectivity index is 0.646. The van der Waals surface area contributed by atoms with Gasteiger partial charge in [0, 0.05) is 107 Å². The number of piperidine rings is 2. The molecular formula is C51H58N12O5. The van der Waals surface area contributed by atoms with Crippen molar-refractivity contribution < 1.29 is 24.2 Å². The minimum Gasteiger partial charge on any atom is -0.507 e. The Hall–Kier alpha value is -6.48. The summed E-state index contributed by atoms with van der Waals surface area (Å²) in [5, 5.41) is 32.8. The highest BCUT2D eigenvalue weighted by molar-refractivity contribution is 6.06. The summed E-state index contributed by atoms with van der Waals surface area (Å²) in [5.41, 5.74) is 14.3. The van der Waals surface area contributed by atoms with Crippen LogP contribution in [-0.2, 0) is 14.3 Å². The maximum absolute atomic E-state index is 12.6. The summed E-state index contributed by atoms with van der Waals surface area (Å²) < 4.78 is 15.5. The zero-order valence-electron chi connectivity index (χ0n) is 38.3. The van der Waals surface area contributed by atoms with Crippen LogP contribution < -0.4 is 30.7 Å². The van der Waals surface area contributed by atoms with Gasteiger partial charge in [0.2, 0.25) is 5.91 Å². The Morgan fingerprint density at radius 2 is 1.60 bits per heavy atom. The van der Waals surface area contributed by atoms with E-state index in [2.05, 4.69) is 70.1 Å². The third kappa shape index (κ3) is 7.91. The number of aromatic nitrogens is 4. The van der Waals surface area contributed by atoms with E-state index in [1.54, 1.807) is 23.2 Å². The van der Waals surface area contributed by atoms with Crippen molar-refractivity contribution in [2.24, 2.45) is 5.92 Å². The maximum atomic E-state index is 12.6. The van der Waals surface area contributed by atoms with Gasteiger partial charge in [0.05, 0.1) is 53.8 Å². The van der Waals surface area contributed by atoms with E-state index >= 15 is 0 Å². The van der Waals surface area contributed by atoms with Crippen molar-refractivity contribution in [3.8, 4) is 23.1 Å². The third-order valence-electron chi connectivity index (χ3n) is 15.8. The molecule has 9 heterocycles. The summed E-state index contributed by atoms with van der Waals surface area (Å²) in [6.07, 6.45) is 12.5. The first kappa shape index (κ1) is 42.8. The van der Waals surface area contributed by atoms with Gasteiger partial charge < -0.3 is 44.5 Å². The number of nitrogens with two attached hydrogens (primary N) is 1. The number of pyridine rings is 1. The molecule has 17 nitrogen and oxygen atoms in total. The monoisotopic (exact) mass is 918 g/mol. The third-order valence-corrected chi connectivity index (χ3v) is 15.8. The number of piperazine rings is 1. The molecule has 2 unspecified atom stereocenters. The second-order valence-corrected chi connectivity index (χ2v) is 20.0. The lowest BCUT2D eigenvalue weighted by molar-refractivity contribution is -0.295. The topological polar surface area (TPSA) is 194 Å². The number of aromatic hydroxyl groups is 1. The molecule has 6 aliphatic heterocycles. The van der Waals surface area contributed by atoms with Crippen molar-refractivity contribution >= 4 is 51.5 Å². The van der Waals surface area contributed by atoms with Gasteiger partial charge in [-0.05, 0) is 98.4 Å². The number of phenols is 1. The number of carbonyl (C=O) groups excluding carboxylic acids is 2. The molecule has 0 radical (unpaired) electrons. The number of anilines is 5. The summed E-state index contributed by atoms with van der Waals surface area (Å²) in [7, 11) is 0. The van der Waals surface area contributed by atoms with Crippen LogP contribution in [0.1, 0.15) is 80.9 Å². The highest BCUT2D eigenvalue weighted by atomic mass is 16.7. The van der Waals surface area contributed by atoms with Crippen molar-refractivity contribution in [2.45, 2.75) is 87.6 Å². The predicted molar refractivity (Wildman–Crippen MR) is 258 cm³/mol. The molecule has 1 aliphatic carbocycles. The fourth-order valence-corrected chi connectivity index (χ4v) is 12.0. The molecule has 3 amide bonds. The zero-order chi connectivity index (χ0) is 46.1. The number of carbonyl (C=O) groups is 2. The van der Waals surface area contributed by atoms with Gasteiger partial charge in [-0.25, -0.2) is 9.78 Å². The molecule has 7 aliphatic rings. The molecule has 352 valence electrons. The summed E-state index contributed by atoms with van der Waals surface area (Å²) in [4.78, 5) is 40.8. The fourth-order valence-electron chi connectivity index (χ4n) is 12.0. The SMILES string of the molecule is N#Cc1ccc(N2C3CCC2CN(c2cc(-c4ccccc4O)nnc2N)C3)cc1N1CCC(CN2CCC3(CC2)OCC(n2cc(C4CC4)c4cc(N5CCC(=O)NC5=O)cnc42)CO3)CC1. The number of phenolic OH excluding ortho intramolecular Hbond substituents is 1.